The molecule has 0 unspecified atom stereocenters. The molecule has 0 spiro atoms. The number of carbonyl (C=O) groups is 2. The van der Waals surface area contributed by atoms with Crippen LogP contribution in [0.3, 0.4) is 0 Å². The fraction of sp³-hybridized carbons (Fsp3) is 0.481. The van der Waals surface area contributed by atoms with Gasteiger partial charge in [0, 0.05) is 35.9 Å². The van der Waals surface area contributed by atoms with Gasteiger partial charge >= 0.3 is 0 Å². The summed E-state index contributed by atoms with van der Waals surface area (Å²) < 4.78 is 0. The summed E-state index contributed by atoms with van der Waals surface area (Å²) >= 11 is 6.37. The lowest BCUT2D eigenvalue weighted by Gasteiger charge is -2.45. The van der Waals surface area contributed by atoms with Gasteiger partial charge in [-0.3, -0.25) is 9.59 Å². The highest BCUT2D eigenvalue weighted by molar-refractivity contribution is 6.30. The molecule has 1 aliphatic heterocycles. The molecule has 2 aromatic carbocycles. The number of nitrogens with zero attached hydrogens (tertiary/aromatic N) is 1. The number of likely N-dealkylation sites (tertiary alicyclic amines) is 1. The number of halogens is 1. The first-order valence-electron chi connectivity index (χ1n) is 11.7. The molecule has 1 saturated carbocycles. The van der Waals surface area contributed by atoms with Crippen LogP contribution in [0.5, 0.6) is 0 Å². The van der Waals surface area contributed by atoms with Gasteiger partial charge in [0.25, 0.3) is 0 Å². The maximum atomic E-state index is 13.7. The minimum Gasteiger partial charge on any atom is -0.354 e. The van der Waals surface area contributed by atoms with Crippen molar-refractivity contribution in [2.75, 3.05) is 6.54 Å². The minimum atomic E-state index is -0.321. The first kappa shape index (κ1) is 22.8. The fourth-order valence-electron chi connectivity index (χ4n) is 4.91. The molecule has 0 bridgehead atoms. The molecule has 0 radical (unpaired) electrons. The topological polar surface area (TPSA) is 49.4 Å². The van der Waals surface area contributed by atoms with Gasteiger partial charge in [-0.2, -0.15) is 0 Å². The van der Waals surface area contributed by atoms with Crippen LogP contribution in [0.1, 0.15) is 68.2 Å². The van der Waals surface area contributed by atoms with E-state index in [1.807, 2.05) is 32.0 Å². The second-order valence-corrected chi connectivity index (χ2v) is 10.2. The first-order valence-corrected chi connectivity index (χ1v) is 12.1. The Bertz CT molecular complexity index is 968. The maximum Gasteiger partial charge on any atom is 0.226 e. The summed E-state index contributed by atoms with van der Waals surface area (Å²) in [6.45, 7) is 6.73. The third-order valence-electron chi connectivity index (χ3n) is 6.62. The third kappa shape index (κ3) is 5.35. The fourth-order valence-corrected chi connectivity index (χ4v) is 5.11. The van der Waals surface area contributed by atoms with Crippen LogP contribution in [0.25, 0.3) is 0 Å². The van der Waals surface area contributed by atoms with Gasteiger partial charge in [-0.25, -0.2) is 0 Å². The van der Waals surface area contributed by atoms with Crippen LogP contribution in [-0.4, -0.2) is 29.3 Å². The number of carbonyl (C=O) groups excluding carboxylic acids is 2. The van der Waals surface area contributed by atoms with E-state index >= 15 is 0 Å². The second kappa shape index (κ2) is 9.66. The van der Waals surface area contributed by atoms with Crippen molar-refractivity contribution < 1.29 is 9.59 Å². The SMILES string of the molecule is Cc1ccc([C@@H]2[C@@H](c3cccc(Cl)c3)C[C@H](CC(=O)NC(C)C)C(=O)N2CC2CC2)cc1. The maximum absolute atomic E-state index is 13.7. The summed E-state index contributed by atoms with van der Waals surface area (Å²) in [6.07, 6.45) is 3.22. The Morgan fingerprint density at radius 3 is 2.47 bits per heavy atom. The van der Waals surface area contributed by atoms with Crippen molar-refractivity contribution in [2.45, 2.75) is 64.5 Å². The van der Waals surface area contributed by atoms with Crippen LogP contribution in [0.4, 0.5) is 0 Å². The zero-order valence-corrected chi connectivity index (χ0v) is 19.9. The molecule has 3 atom stereocenters. The van der Waals surface area contributed by atoms with Gasteiger partial charge in [-0.15, -0.1) is 0 Å². The highest BCUT2D eigenvalue weighted by Gasteiger charge is 2.45. The smallest absolute Gasteiger partial charge is 0.226 e. The molecule has 1 saturated heterocycles. The average Bonchev–Trinajstić information content (AvgIpc) is 3.55. The lowest BCUT2D eigenvalue weighted by Crippen LogP contribution is -2.49. The summed E-state index contributed by atoms with van der Waals surface area (Å²) in [6, 6.07) is 16.5. The molecule has 4 rings (SSSR count). The number of benzene rings is 2. The Morgan fingerprint density at radius 2 is 1.84 bits per heavy atom. The average molecular weight is 453 g/mol. The van der Waals surface area contributed by atoms with E-state index in [0.29, 0.717) is 17.4 Å². The van der Waals surface area contributed by atoms with E-state index < -0.39 is 0 Å². The van der Waals surface area contributed by atoms with E-state index in [4.69, 9.17) is 11.6 Å². The number of rotatable bonds is 7. The number of hydrogen-bond acceptors (Lipinski definition) is 2. The van der Waals surface area contributed by atoms with Crippen LogP contribution < -0.4 is 5.32 Å². The Kier molecular flexibility index (Phi) is 6.90. The molecule has 2 aliphatic rings. The number of aryl methyl sites for hydroxylation is 1. The first-order chi connectivity index (χ1) is 15.3. The molecule has 170 valence electrons. The standard InChI is InChI=1S/C27H33ClN2O2/c1-17(2)29-25(31)15-22-14-24(21-5-4-6-23(28)13-21)26(20-11-7-18(3)8-12-20)30(27(22)32)16-19-9-10-19/h4-8,11-13,17,19,22,24,26H,9-10,14-16H2,1-3H3,(H,29,31)/t22-,24-,26-/m1/s1. The lowest BCUT2D eigenvalue weighted by molar-refractivity contribution is -0.146. The van der Waals surface area contributed by atoms with Crippen LogP contribution >= 0.6 is 11.6 Å². The van der Waals surface area contributed by atoms with Crippen LogP contribution in [0.15, 0.2) is 48.5 Å². The minimum absolute atomic E-state index is 0.0495. The molecule has 1 aliphatic carbocycles. The molecule has 2 fully saturated rings. The Labute approximate surface area is 196 Å². The molecule has 2 aromatic rings. The summed E-state index contributed by atoms with van der Waals surface area (Å²) in [7, 11) is 0. The summed E-state index contributed by atoms with van der Waals surface area (Å²) in [5.74, 6) is 0.390. The highest BCUT2D eigenvalue weighted by atomic mass is 35.5. The predicted molar refractivity (Wildman–Crippen MR) is 129 cm³/mol. The molecular formula is C27H33ClN2O2. The third-order valence-corrected chi connectivity index (χ3v) is 6.85. The van der Waals surface area contributed by atoms with Crippen molar-refractivity contribution in [3.05, 3.63) is 70.2 Å². The molecule has 32 heavy (non-hydrogen) atoms. The van der Waals surface area contributed by atoms with E-state index in [0.717, 1.165) is 17.7 Å². The van der Waals surface area contributed by atoms with Gasteiger partial charge in [-0.1, -0.05) is 53.6 Å². The Hall–Kier alpha value is -2.33. The van der Waals surface area contributed by atoms with Gasteiger partial charge in [-0.05, 0) is 69.2 Å². The van der Waals surface area contributed by atoms with Crippen LogP contribution in [-0.2, 0) is 9.59 Å². The molecule has 0 aromatic heterocycles. The van der Waals surface area contributed by atoms with E-state index in [9.17, 15) is 9.59 Å². The summed E-state index contributed by atoms with van der Waals surface area (Å²) in [4.78, 5) is 28.4. The van der Waals surface area contributed by atoms with Gasteiger partial charge in [0.05, 0.1) is 6.04 Å². The van der Waals surface area contributed by atoms with Crippen molar-refractivity contribution in [2.24, 2.45) is 11.8 Å². The monoisotopic (exact) mass is 452 g/mol. The van der Waals surface area contributed by atoms with Crippen LogP contribution in [0.2, 0.25) is 5.02 Å². The molecular weight excluding hydrogens is 420 g/mol. The van der Waals surface area contributed by atoms with Gasteiger partial charge in [0.1, 0.15) is 0 Å². The molecule has 1 heterocycles. The molecule has 4 nitrogen and oxygen atoms in total. The van der Waals surface area contributed by atoms with Crippen molar-refractivity contribution >= 4 is 23.4 Å². The zero-order chi connectivity index (χ0) is 22.8. The quantitative estimate of drug-likeness (QED) is 0.590. The van der Waals surface area contributed by atoms with E-state index in [2.05, 4.69) is 47.5 Å². The van der Waals surface area contributed by atoms with Crippen molar-refractivity contribution in [1.82, 2.24) is 10.2 Å². The summed E-state index contributed by atoms with van der Waals surface area (Å²) in [5, 5.41) is 3.66. The van der Waals surface area contributed by atoms with Crippen molar-refractivity contribution in [3.63, 3.8) is 0 Å². The van der Waals surface area contributed by atoms with Gasteiger partial charge in [0.15, 0.2) is 0 Å². The molecule has 5 heteroatoms. The van der Waals surface area contributed by atoms with E-state index in [-0.39, 0.29) is 42.2 Å². The van der Waals surface area contributed by atoms with Gasteiger partial charge < -0.3 is 10.2 Å². The van der Waals surface area contributed by atoms with Crippen LogP contribution in [0, 0.1) is 18.8 Å². The number of hydrogen-bond donors (Lipinski definition) is 1. The van der Waals surface area contributed by atoms with E-state index in [1.165, 1.54) is 18.4 Å². The normalized spacial score (nSPS) is 23.5. The molecule has 2 amide bonds. The van der Waals surface area contributed by atoms with Crippen molar-refractivity contribution in [1.29, 1.82) is 0 Å². The second-order valence-electron chi connectivity index (χ2n) is 9.81. The Balaban J connectivity index is 1.73. The lowest BCUT2D eigenvalue weighted by atomic mass is 9.74. The Morgan fingerprint density at radius 1 is 1.12 bits per heavy atom. The predicted octanol–water partition coefficient (Wildman–Crippen LogP) is 5.65. The largest absolute Gasteiger partial charge is 0.354 e. The number of amides is 2. The molecule has 1 N–H and O–H groups in total. The van der Waals surface area contributed by atoms with Gasteiger partial charge in [0.2, 0.25) is 11.8 Å². The zero-order valence-electron chi connectivity index (χ0n) is 19.2. The number of nitrogens with one attached hydrogen (secondary N) is 1. The number of piperidine rings is 1. The highest BCUT2D eigenvalue weighted by Crippen LogP contribution is 2.47. The van der Waals surface area contributed by atoms with Crippen molar-refractivity contribution in [3.8, 4) is 0 Å². The van der Waals surface area contributed by atoms with E-state index in [1.54, 1.807) is 0 Å². The summed E-state index contributed by atoms with van der Waals surface area (Å²) in [5.41, 5.74) is 3.48.